The second-order valence-corrected chi connectivity index (χ2v) is 3.84. The molecule has 0 aliphatic rings. The van der Waals surface area contributed by atoms with Crippen LogP contribution in [0.2, 0.25) is 0 Å². The molecule has 0 aromatic carbocycles. The molecule has 0 unspecified atom stereocenters. The summed E-state index contributed by atoms with van der Waals surface area (Å²) >= 11 is 10.4. The Balaban J connectivity index is 3.26. The Morgan fingerprint density at radius 1 is 2.00 bits per heavy atom. The van der Waals surface area contributed by atoms with E-state index in [1.54, 1.807) is 0 Å². The number of halogens is 1. The number of hydrogen-bond donors (Lipinski definition) is 1. The fourth-order valence-electron chi connectivity index (χ4n) is 0. The number of nitrogens with zero attached hydrogens (tertiary/aromatic N) is 1. The molecule has 0 aliphatic carbocycles. The van der Waals surface area contributed by atoms with Gasteiger partial charge in [-0.3, -0.25) is 0 Å². The van der Waals surface area contributed by atoms with Crippen molar-refractivity contribution >= 4 is 53.8 Å². The van der Waals surface area contributed by atoms with Gasteiger partial charge in [0.05, 0.1) is 0 Å². The zero-order valence-corrected chi connectivity index (χ0v) is 7.76. The van der Waals surface area contributed by atoms with Gasteiger partial charge in [-0.15, -0.1) is 0 Å². The molecule has 0 heterocycles. The van der Waals surface area contributed by atoms with E-state index in [1.165, 1.54) is 2.41 Å². The number of hydrogen-bond acceptors (Lipinski definition) is 1. The first-order chi connectivity index (χ1) is 2.64. The van der Waals surface area contributed by atoms with E-state index in [0.717, 1.165) is 24.7 Å². The molecule has 0 atom stereocenters. The molecular weight excluding hydrogens is 222 g/mol. The van der Waals surface area contributed by atoms with Crippen molar-refractivity contribution in [3.63, 3.8) is 0 Å². The zero-order valence-electron chi connectivity index (χ0n) is 2.89. The predicted octanol–water partition coefficient (Wildman–Crippen LogP) is -0.231. The van der Waals surface area contributed by atoms with Crippen molar-refractivity contribution < 1.29 is 0 Å². The summed E-state index contributed by atoms with van der Waals surface area (Å²) < 4.78 is 1.28. The Morgan fingerprint density at radius 2 is 2.17 bits per heavy atom. The first-order valence-electron chi connectivity index (χ1n) is 1.14. The molecule has 2 radical (unpaired) electrons. The molecule has 2 N–H and O–H groups in total. The summed E-state index contributed by atoms with van der Waals surface area (Å²) in [7, 11) is 0. The average Bonchev–Trinajstić information content (AvgIpc) is 1.36. The van der Waals surface area contributed by atoms with Crippen LogP contribution in [0.4, 0.5) is 0 Å². The standard InChI is InChI=1S/CH3ClN2S.In/c2-4-1(3)5;/h(H3,3,4,5);/q;+1/p-1. The van der Waals surface area contributed by atoms with E-state index in [-0.39, 0.29) is 5.11 Å². The Hall–Kier alpha value is 0.850. The van der Waals surface area contributed by atoms with Gasteiger partial charge in [0.1, 0.15) is 0 Å². The van der Waals surface area contributed by atoms with E-state index < -0.39 is 0 Å². The quantitative estimate of drug-likeness (QED) is 0.455. The number of rotatable bonds is 0. The summed E-state index contributed by atoms with van der Waals surface area (Å²) in [6.07, 6.45) is 0. The Kier molecular flexibility index (Phi) is 3.35. The van der Waals surface area contributed by atoms with E-state index >= 15 is 0 Å². The predicted molar refractivity (Wildman–Crippen MR) is 30.2 cm³/mol. The normalized spacial score (nSPS) is 7.50. The van der Waals surface area contributed by atoms with Gasteiger partial charge < -0.3 is 0 Å². The van der Waals surface area contributed by atoms with E-state index in [4.69, 9.17) is 17.5 Å². The Labute approximate surface area is 61.7 Å². The van der Waals surface area contributed by atoms with Crippen LogP contribution >= 0.6 is 24.0 Å². The molecule has 0 saturated heterocycles. The maximum atomic E-state index is 5.24. The second kappa shape index (κ2) is 2.93. The van der Waals surface area contributed by atoms with Crippen molar-refractivity contribution in [3.05, 3.63) is 0 Å². The number of thiocarbonyl (C=S) groups is 1. The van der Waals surface area contributed by atoms with Crippen molar-refractivity contribution in [1.82, 2.24) is 2.41 Å². The van der Waals surface area contributed by atoms with Gasteiger partial charge in [-0.05, 0) is 0 Å². The van der Waals surface area contributed by atoms with Gasteiger partial charge in [0.2, 0.25) is 0 Å². The molecule has 32 valence electrons. The van der Waals surface area contributed by atoms with Crippen LogP contribution in [-0.4, -0.2) is 32.2 Å². The molecule has 5 heteroatoms. The molecule has 6 heavy (non-hydrogen) atoms. The van der Waals surface area contributed by atoms with E-state index in [2.05, 4.69) is 12.2 Å². The minimum absolute atomic E-state index is 0.249. The van der Waals surface area contributed by atoms with Crippen molar-refractivity contribution in [2.24, 2.45) is 5.73 Å². The molecule has 0 fully saturated rings. The third-order valence-electron chi connectivity index (χ3n) is 0.211. The summed E-state index contributed by atoms with van der Waals surface area (Å²) in [4.78, 5) is 0. The molecule has 0 aromatic rings. The third kappa shape index (κ3) is 3.06. The Bertz CT molecular complexity index is 64.6. The summed E-state index contributed by atoms with van der Waals surface area (Å²) in [6, 6.07) is 0. The fourth-order valence-corrected chi connectivity index (χ4v) is 0. The molecule has 0 spiro atoms. The van der Waals surface area contributed by atoms with Crippen molar-refractivity contribution in [2.75, 3.05) is 0 Å². The molecule has 0 amide bonds. The van der Waals surface area contributed by atoms with Gasteiger partial charge >= 0.3 is 61.9 Å². The first-order valence-corrected chi connectivity index (χ1v) is 3.36. The van der Waals surface area contributed by atoms with Gasteiger partial charge in [-0.25, -0.2) is 0 Å². The summed E-state index contributed by atoms with van der Waals surface area (Å²) in [5.41, 5.74) is 4.99. The van der Waals surface area contributed by atoms with Crippen molar-refractivity contribution in [3.8, 4) is 0 Å². The van der Waals surface area contributed by atoms with Gasteiger partial charge in [-0.2, -0.15) is 0 Å². The van der Waals surface area contributed by atoms with Crippen LogP contribution in [0.3, 0.4) is 0 Å². The molecular formula is CH2ClInN2S. The summed E-state index contributed by atoms with van der Waals surface area (Å²) in [6.45, 7) is 0. The fraction of sp³-hybridized carbons (Fsp3) is 0. The minimum atomic E-state index is 0.249. The SMILES string of the molecule is NC(=S)[N](Cl)[In]. The van der Waals surface area contributed by atoms with Crippen LogP contribution in [-0.2, 0) is 0 Å². The third-order valence-corrected chi connectivity index (χ3v) is 2.02. The zero-order chi connectivity index (χ0) is 5.15. The average molecular weight is 224 g/mol. The van der Waals surface area contributed by atoms with Gasteiger partial charge in [0, 0.05) is 0 Å². The molecule has 0 saturated carbocycles. The summed E-state index contributed by atoms with van der Waals surface area (Å²) in [5.74, 6) is 0. The van der Waals surface area contributed by atoms with Gasteiger partial charge in [0.15, 0.2) is 0 Å². The van der Waals surface area contributed by atoms with Crippen LogP contribution in [0.1, 0.15) is 0 Å². The molecule has 0 rings (SSSR count). The van der Waals surface area contributed by atoms with Crippen LogP contribution in [0.5, 0.6) is 0 Å². The van der Waals surface area contributed by atoms with Crippen LogP contribution in [0.15, 0.2) is 0 Å². The van der Waals surface area contributed by atoms with E-state index in [9.17, 15) is 0 Å². The van der Waals surface area contributed by atoms with Crippen LogP contribution < -0.4 is 5.73 Å². The van der Waals surface area contributed by atoms with E-state index in [0.29, 0.717) is 0 Å². The summed E-state index contributed by atoms with van der Waals surface area (Å²) in [5, 5.41) is 0.249. The number of nitrogens with two attached hydrogens (primary N) is 1. The van der Waals surface area contributed by atoms with Gasteiger partial charge in [0.25, 0.3) is 0 Å². The molecule has 0 aromatic heterocycles. The van der Waals surface area contributed by atoms with Gasteiger partial charge in [-0.1, -0.05) is 0 Å². The molecule has 0 aliphatic heterocycles. The van der Waals surface area contributed by atoms with E-state index in [1.807, 2.05) is 0 Å². The molecule has 2 nitrogen and oxygen atoms in total. The van der Waals surface area contributed by atoms with Crippen molar-refractivity contribution in [2.45, 2.75) is 0 Å². The maximum absolute atomic E-state index is 5.24. The molecule has 0 bridgehead atoms. The monoisotopic (exact) mass is 224 g/mol. The topological polar surface area (TPSA) is 29.3 Å². The second-order valence-electron chi connectivity index (χ2n) is 0.649. The first kappa shape index (κ1) is 6.85. The van der Waals surface area contributed by atoms with Crippen molar-refractivity contribution in [1.29, 1.82) is 0 Å². The van der Waals surface area contributed by atoms with Crippen LogP contribution in [0, 0.1) is 0 Å². The van der Waals surface area contributed by atoms with Crippen LogP contribution in [0.25, 0.3) is 0 Å². The Morgan fingerprint density at radius 3 is 2.17 bits per heavy atom.